The second-order valence-corrected chi connectivity index (χ2v) is 10.1. The second kappa shape index (κ2) is 10.1. The number of nitrogens with zero attached hydrogens (tertiary/aromatic N) is 1. The van der Waals surface area contributed by atoms with E-state index in [4.69, 9.17) is 9.47 Å². The summed E-state index contributed by atoms with van der Waals surface area (Å²) in [4.78, 5) is 12.2. The number of benzene rings is 3. The van der Waals surface area contributed by atoms with E-state index >= 15 is 0 Å². The topological polar surface area (TPSA) is 59.9 Å². The van der Waals surface area contributed by atoms with E-state index in [1.807, 2.05) is 48.5 Å². The molecule has 3 rings (SSSR count). The first-order valence-electron chi connectivity index (χ1n) is 11.2. The van der Waals surface area contributed by atoms with Crippen LogP contribution in [-0.4, -0.2) is 25.8 Å². The maximum absolute atomic E-state index is 12.2. The zero-order valence-electron chi connectivity index (χ0n) is 20.4. The van der Waals surface area contributed by atoms with Crippen LogP contribution in [0.4, 0.5) is 0 Å². The van der Waals surface area contributed by atoms with Crippen LogP contribution in [-0.2, 0) is 10.2 Å². The van der Waals surface area contributed by atoms with Gasteiger partial charge in [-0.1, -0.05) is 77.1 Å². The van der Waals surface area contributed by atoms with Crippen LogP contribution in [0.5, 0.6) is 11.5 Å². The molecule has 33 heavy (non-hydrogen) atoms. The van der Waals surface area contributed by atoms with Gasteiger partial charge in [-0.25, -0.2) is 5.43 Å². The number of methoxy groups -OCH3 is 1. The molecule has 0 heterocycles. The Morgan fingerprint density at radius 1 is 0.970 bits per heavy atom. The van der Waals surface area contributed by atoms with Crippen LogP contribution in [0.25, 0.3) is 10.8 Å². The van der Waals surface area contributed by atoms with E-state index in [0.717, 1.165) is 22.8 Å². The van der Waals surface area contributed by atoms with Crippen LogP contribution >= 0.6 is 0 Å². The number of rotatable bonds is 8. The van der Waals surface area contributed by atoms with Crippen molar-refractivity contribution in [2.24, 2.45) is 10.5 Å². The molecule has 0 fully saturated rings. The van der Waals surface area contributed by atoms with Crippen LogP contribution < -0.4 is 14.9 Å². The van der Waals surface area contributed by atoms with Crippen LogP contribution in [0.15, 0.2) is 65.8 Å². The van der Waals surface area contributed by atoms with E-state index in [0.29, 0.717) is 11.5 Å². The number of fused-ring (bicyclic) bond motifs is 1. The summed E-state index contributed by atoms with van der Waals surface area (Å²) in [6.45, 7) is 11.2. The Labute approximate surface area is 196 Å². The van der Waals surface area contributed by atoms with E-state index in [1.165, 1.54) is 5.56 Å². The average molecular weight is 447 g/mol. The van der Waals surface area contributed by atoms with Crippen molar-refractivity contribution in [3.8, 4) is 11.5 Å². The fraction of sp³-hybridized carbons (Fsp3) is 0.357. The third-order valence-corrected chi connectivity index (χ3v) is 5.51. The maximum Gasteiger partial charge on any atom is 0.277 e. The van der Waals surface area contributed by atoms with Gasteiger partial charge in [0.25, 0.3) is 5.91 Å². The van der Waals surface area contributed by atoms with Crippen LogP contribution in [0.2, 0.25) is 0 Å². The number of hydrazone groups is 1. The lowest BCUT2D eigenvalue weighted by molar-refractivity contribution is -0.123. The van der Waals surface area contributed by atoms with Gasteiger partial charge >= 0.3 is 0 Å². The first-order valence-corrected chi connectivity index (χ1v) is 11.2. The number of carbonyl (C=O) groups is 1. The molecule has 5 heteroatoms. The van der Waals surface area contributed by atoms with Crippen molar-refractivity contribution in [1.29, 1.82) is 0 Å². The van der Waals surface area contributed by atoms with Crippen molar-refractivity contribution in [1.82, 2.24) is 5.43 Å². The Hall–Kier alpha value is -3.34. The molecule has 0 radical (unpaired) electrons. The first-order chi connectivity index (χ1) is 15.6. The molecule has 3 aromatic rings. The number of hydrogen-bond acceptors (Lipinski definition) is 4. The Morgan fingerprint density at radius 3 is 2.33 bits per heavy atom. The molecule has 3 aromatic carbocycles. The largest absolute Gasteiger partial charge is 0.496 e. The summed E-state index contributed by atoms with van der Waals surface area (Å²) in [5, 5.41) is 6.18. The highest BCUT2D eigenvalue weighted by atomic mass is 16.5. The van der Waals surface area contributed by atoms with Gasteiger partial charge in [-0.15, -0.1) is 0 Å². The number of carbonyl (C=O) groups excluding carboxylic acids is 1. The molecule has 1 N–H and O–H groups in total. The fourth-order valence-corrected chi connectivity index (χ4v) is 4.37. The Morgan fingerprint density at radius 2 is 1.67 bits per heavy atom. The molecule has 1 amide bonds. The molecule has 0 bridgehead atoms. The smallest absolute Gasteiger partial charge is 0.277 e. The summed E-state index contributed by atoms with van der Waals surface area (Å²) in [5.74, 6) is 1.01. The average Bonchev–Trinajstić information content (AvgIpc) is 2.76. The molecule has 0 spiro atoms. The Kier molecular flexibility index (Phi) is 7.42. The summed E-state index contributed by atoms with van der Waals surface area (Å²) < 4.78 is 11.1. The first kappa shape index (κ1) is 24.3. The standard InChI is InChI=1S/C28H34N2O3/c1-27(2,3)19-28(4,5)21-12-14-22(15-13-21)33-18-26(31)30-29-17-24-23-10-8-7-9-20(23)11-16-25(24)32-6/h7-17H,18-19H2,1-6H3,(H,30,31). The Balaban J connectivity index is 1.58. The lowest BCUT2D eigenvalue weighted by Gasteiger charge is -2.33. The minimum absolute atomic E-state index is 0.0610. The van der Waals surface area contributed by atoms with E-state index in [2.05, 4.69) is 57.3 Å². The molecule has 0 aromatic heterocycles. The van der Waals surface area contributed by atoms with Gasteiger partial charge in [0.1, 0.15) is 11.5 Å². The number of ether oxygens (including phenoxy) is 2. The predicted octanol–water partition coefficient (Wildman–Crippen LogP) is 6.09. The van der Waals surface area contributed by atoms with E-state index in [9.17, 15) is 4.79 Å². The SMILES string of the molecule is COc1ccc2ccccc2c1C=NNC(=O)COc1ccc(C(C)(C)CC(C)(C)C)cc1. The quantitative estimate of drug-likeness (QED) is 0.336. The summed E-state index contributed by atoms with van der Waals surface area (Å²) >= 11 is 0. The highest BCUT2D eigenvalue weighted by molar-refractivity contribution is 6.02. The second-order valence-electron chi connectivity index (χ2n) is 10.1. The highest BCUT2D eigenvalue weighted by Gasteiger charge is 2.27. The molecule has 0 aliphatic rings. The fourth-order valence-electron chi connectivity index (χ4n) is 4.37. The van der Waals surface area contributed by atoms with Gasteiger partial charge in [0.05, 0.1) is 13.3 Å². The molecule has 0 atom stereocenters. The lowest BCUT2D eigenvalue weighted by Crippen LogP contribution is -2.25. The van der Waals surface area contributed by atoms with Crippen molar-refractivity contribution < 1.29 is 14.3 Å². The molecule has 0 aliphatic heterocycles. The Bertz CT molecular complexity index is 1130. The molecule has 0 aliphatic carbocycles. The predicted molar refractivity (Wildman–Crippen MR) is 135 cm³/mol. The van der Waals surface area contributed by atoms with E-state index < -0.39 is 0 Å². The lowest BCUT2D eigenvalue weighted by atomic mass is 9.72. The summed E-state index contributed by atoms with van der Waals surface area (Å²) in [7, 11) is 1.61. The summed E-state index contributed by atoms with van der Waals surface area (Å²) in [5.41, 5.74) is 4.90. The summed E-state index contributed by atoms with van der Waals surface area (Å²) in [6, 6.07) is 19.8. The molecule has 0 saturated heterocycles. The normalized spacial score (nSPS) is 12.2. The van der Waals surface area contributed by atoms with E-state index in [1.54, 1.807) is 13.3 Å². The molecular weight excluding hydrogens is 412 g/mol. The molecule has 5 nitrogen and oxygen atoms in total. The number of nitrogens with one attached hydrogen (secondary N) is 1. The van der Waals surface area contributed by atoms with Gasteiger partial charge in [-0.3, -0.25) is 4.79 Å². The van der Waals surface area contributed by atoms with E-state index in [-0.39, 0.29) is 23.3 Å². The number of hydrogen-bond donors (Lipinski definition) is 1. The highest BCUT2D eigenvalue weighted by Crippen LogP contribution is 2.36. The van der Waals surface area contributed by atoms with Gasteiger partial charge in [0, 0.05) is 5.56 Å². The minimum atomic E-state index is -0.331. The third-order valence-electron chi connectivity index (χ3n) is 5.51. The third kappa shape index (κ3) is 6.58. The number of amides is 1. The molecular formula is C28H34N2O3. The van der Waals surface area contributed by atoms with Crippen molar-refractivity contribution in [2.75, 3.05) is 13.7 Å². The molecule has 0 saturated carbocycles. The summed E-state index contributed by atoms with van der Waals surface area (Å²) in [6.07, 6.45) is 2.67. The van der Waals surface area contributed by atoms with Gasteiger partial charge in [-0.05, 0) is 51.8 Å². The zero-order chi connectivity index (χ0) is 24.1. The van der Waals surface area contributed by atoms with Gasteiger partial charge in [-0.2, -0.15) is 5.10 Å². The van der Waals surface area contributed by atoms with Crippen molar-refractivity contribution in [3.05, 3.63) is 71.8 Å². The van der Waals surface area contributed by atoms with Crippen molar-refractivity contribution >= 4 is 22.9 Å². The maximum atomic E-state index is 12.2. The van der Waals surface area contributed by atoms with Gasteiger partial charge < -0.3 is 9.47 Å². The molecule has 174 valence electrons. The van der Waals surface area contributed by atoms with Crippen LogP contribution in [0.1, 0.15) is 52.2 Å². The molecule has 0 unspecified atom stereocenters. The van der Waals surface area contributed by atoms with Crippen LogP contribution in [0, 0.1) is 5.41 Å². The van der Waals surface area contributed by atoms with Gasteiger partial charge in [0.2, 0.25) is 0 Å². The minimum Gasteiger partial charge on any atom is -0.496 e. The zero-order valence-corrected chi connectivity index (χ0v) is 20.4. The van der Waals surface area contributed by atoms with Crippen molar-refractivity contribution in [2.45, 2.75) is 46.5 Å². The monoisotopic (exact) mass is 446 g/mol. The van der Waals surface area contributed by atoms with Crippen LogP contribution in [0.3, 0.4) is 0 Å². The van der Waals surface area contributed by atoms with Gasteiger partial charge in [0.15, 0.2) is 6.61 Å². The van der Waals surface area contributed by atoms with Crippen molar-refractivity contribution in [3.63, 3.8) is 0 Å².